The van der Waals surface area contributed by atoms with Crippen LogP contribution in [0, 0.1) is 17.2 Å². The van der Waals surface area contributed by atoms with Crippen LogP contribution in [0.4, 0.5) is 5.69 Å². The van der Waals surface area contributed by atoms with Crippen molar-refractivity contribution in [3.05, 3.63) is 27.7 Å². The number of rotatable bonds is 2. The molecule has 96 valence electrons. The van der Waals surface area contributed by atoms with Gasteiger partial charge in [0.25, 0.3) is 0 Å². The first-order chi connectivity index (χ1) is 8.54. The summed E-state index contributed by atoms with van der Waals surface area (Å²) < 4.78 is 0.853. The van der Waals surface area contributed by atoms with Gasteiger partial charge in [0.05, 0.1) is 11.1 Å². The largest absolute Gasteiger partial charge is 0.367 e. The van der Waals surface area contributed by atoms with E-state index >= 15 is 0 Å². The molecular formula is C14H16BrClN2. The van der Waals surface area contributed by atoms with Gasteiger partial charge >= 0.3 is 0 Å². The molecule has 2 nitrogen and oxygen atoms in total. The summed E-state index contributed by atoms with van der Waals surface area (Å²) >= 11 is 9.38. The molecule has 1 N–H and O–H groups in total. The number of benzene rings is 1. The van der Waals surface area contributed by atoms with E-state index < -0.39 is 5.54 Å². The van der Waals surface area contributed by atoms with Gasteiger partial charge in [-0.15, -0.1) is 0 Å². The Balaban J connectivity index is 2.15. The zero-order valence-electron chi connectivity index (χ0n) is 10.3. The molecule has 1 aliphatic carbocycles. The smallest absolute Gasteiger partial charge is 0.125 e. The van der Waals surface area contributed by atoms with Crippen molar-refractivity contribution in [2.75, 3.05) is 5.32 Å². The molecule has 0 radical (unpaired) electrons. The first-order valence-corrected chi connectivity index (χ1v) is 7.36. The lowest BCUT2D eigenvalue weighted by atomic mass is 9.78. The summed E-state index contributed by atoms with van der Waals surface area (Å²) in [6.07, 6.45) is 4.03. The van der Waals surface area contributed by atoms with Gasteiger partial charge in [0.2, 0.25) is 0 Å². The molecule has 0 aliphatic heterocycles. The van der Waals surface area contributed by atoms with Crippen LogP contribution < -0.4 is 5.32 Å². The summed E-state index contributed by atoms with van der Waals surface area (Å²) in [6, 6.07) is 8.15. The van der Waals surface area contributed by atoms with Gasteiger partial charge in [-0.1, -0.05) is 18.5 Å². The van der Waals surface area contributed by atoms with Crippen molar-refractivity contribution in [1.82, 2.24) is 0 Å². The Morgan fingerprint density at radius 3 is 2.67 bits per heavy atom. The molecule has 18 heavy (non-hydrogen) atoms. The van der Waals surface area contributed by atoms with Gasteiger partial charge in [-0.05, 0) is 65.7 Å². The molecule has 0 aromatic heterocycles. The second kappa shape index (κ2) is 5.50. The molecule has 1 aliphatic rings. The maximum atomic E-state index is 9.46. The number of hydrogen-bond acceptors (Lipinski definition) is 2. The highest BCUT2D eigenvalue weighted by Gasteiger charge is 2.34. The first kappa shape index (κ1) is 13.7. The minimum atomic E-state index is -0.417. The Morgan fingerprint density at radius 2 is 2.11 bits per heavy atom. The van der Waals surface area contributed by atoms with Crippen molar-refractivity contribution in [2.45, 2.75) is 38.1 Å². The maximum absolute atomic E-state index is 9.46. The van der Waals surface area contributed by atoms with Crippen LogP contribution in [0.25, 0.3) is 0 Å². The average Bonchev–Trinajstić information content (AvgIpc) is 2.37. The fraction of sp³-hybridized carbons (Fsp3) is 0.500. The van der Waals surface area contributed by atoms with Crippen molar-refractivity contribution in [3.8, 4) is 6.07 Å². The second-order valence-corrected chi connectivity index (χ2v) is 6.39. The summed E-state index contributed by atoms with van der Waals surface area (Å²) in [4.78, 5) is 0. The van der Waals surface area contributed by atoms with Crippen molar-refractivity contribution in [1.29, 1.82) is 5.26 Å². The molecule has 0 saturated heterocycles. The highest BCUT2D eigenvalue weighted by molar-refractivity contribution is 9.10. The van der Waals surface area contributed by atoms with Gasteiger partial charge in [0.15, 0.2) is 0 Å². The van der Waals surface area contributed by atoms with Crippen molar-refractivity contribution in [3.63, 3.8) is 0 Å². The van der Waals surface area contributed by atoms with Crippen LogP contribution in [-0.4, -0.2) is 5.54 Å². The van der Waals surface area contributed by atoms with Crippen LogP contribution in [0.15, 0.2) is 22.7 Å². The fourth-order valence-electron chi connectivity index (χ4n) is 2.37. The Hall–Kier alpha value is -0.720. The summed E-state index contributed by atoms with van der Waals surface area (Å²) in [7, 11) is 0. The van der Waals surface area contributed by atoms with E-state index in [1.54, 1.807) is 0 Å². The van der Waals surface area contributed by atoms with Crippen molar-refractivity contribution < 1.29 is 0 Å². The minimum absolute atomic E-state index is 0.417. The third-order valence-corrected chi connectivity index (χ3v) is 4.86. The molecule has 0 amide bonds. The number of nitriles is 1. The van der Waals surface area contributed by atoms with E-state index in [0.717, 1.165) is 41.8 Å². The van der Waals surface area contributed by atoms with Gasteiger partial charge < -0.3 is 5.32 Å². The van der Waals surface area contributed by atoms with Crippen LogP contribution in [-0.2, 0) is 0 Å². The number of nitrogens with one attached hydrogen (secondary N) is 1. The predicted molar refractivity (Wildman–Crippen MR) is 78.8 cm³/mol. The second-order valence-electron chi connectivity index (χ2n) is 5.13. The minimum Gasteiger partial charge on any atom is -0.367 e. The molecule has 0 unspecified atom stereocenters. The monoisotopic (exact) mass is 326 g/mol. The molecule has 1 aromatic carbocycles. The quantitative estimate of drug-likeness (QED) is 0.831. The summed E-state index contributed by atoms with van der Waals surface area (Å²) in [5.41, 5.74) is 0.530. The van der Waals surface area contributed by atoms with Crippen LogP contribution in [0.1, 0.15) is 32.6 Å². The molecule has 0 atom stereocenters. The van der Waals surface area contributed by atoms with E-state index in [9.17, 15) is 5.26 Å². The van der Waals surface area contributed by atoms with Gasteiger partial charge in [-0.25, -0.2) is 0 Å². The topological polar surface area (TPSA) is 35.8 Å². The first-order valence-electron chi connectivity index (χ1n) is 6.19. The SMILES string of the molecule is CC1CCC(C#N)(Nc2ccc(Cl)c(Br)c2)CC1. The summed E-state index contributed by atoms with van der Waals surface area (Å²) in [5, 5.41) is 13.5. The normalized spacial score (nSPS) is 27.6. The third kappa shape index (κ3) is 2.99. The van der Waals surface area contributed by atoms with E-state index in [4.69, 9.17) is 11.6 Å². The average molecular weight is 328 g/mol. The Bertz CT molecular complexity index is 473. The highest BCUT2D eigenvalue weighted by atomic mass is 79.9. The van der Waals surface area contributed by atoms with Crippen molar-refractivity contribution in [2.24, 2.45) is 5.92 Å². The molecule has 2 rings (SSSR count). The van der Waals surface area contributed by atoms with E-state index in [-0.39, 0.29) is 0 Å². The molecule has 0 heterocycles. The lowest BCUT2D eigenvalue weighted by Crippen LogP contribution is -2.40. The Morgan fingerprint density at radius 1 is 1.44 bits per heavy atom. The van der Waals surface area contributed by atoms with Crippen LogP contribution in [0.3, 0.4) is 0 Å². The van der Waals surface area contributed by atoms with Gasteiger partial charge in [-0.3, -0.25) is 0 Å². The van der Waals surface area contributed by atoms with Crippen molar-refractivity contribution >= 4 is 33.2 Å². The molecule has 4 heteroatoms. The zero-order valence-corrected chi connectivity index (χ0v) is 12.7. The molecule has 1 fully saturated rings. The molecule has 1 saturated carbocycles. The van der Waals surface area contributed by atoms with Gasteiger partial charge in [0, 0.05) is 10.2 Å². The van der Waals surface area contributed by atoms with E-state index in [1.165, 1.54) is 0 Å². The lowest BCUT2D eigenvalue weighted by molar-refractivity contribution is 0.314. The standard InChI is InChI=1S/C14H16BrClN2/c1-10-4-6-14(9-17,7-5-10)18-11-2-3-13(16)12(15)8-11/h2-3,8,10,18H,4-7H2,1H3. The molecular weight excluding hydrogens is 312 g/mol. The van der Waals surface area contributed by atoms with Crippen LogP contribution in [0.2, 0.25) is 5.02 Å². The molecule has 0 bridgehead atoms. The zero-order chi connectivity index (χ0) is 13.2. The summed E-state index contributed by atoms with van der Waals surface area (Å²) in [6.45, 7) is 2.25. The molecule has 1 aromatic rings. The Labute approximate surface area is 121 Å². The van der Waals surface area contributed by atoms with E-state index in [0.29, 0.717) is 5.02 Å². The number of hydrogen-bond donors (Lipinski definition) is 1. The lowest BCUT2D eigenvalue weighted by Gasteiger charge is -2.35. The Kier molecular flexibility index (Phi) is 4.19. The van der Waals surface area contributed by atoms with Gasteiger partial charge in [0.1, 0.15) is 5.54 Å². The van der Waals surface area contributed by atoms with E-state index in [1.807, 2.05) is 18.2 Å². The number of halogens is 2. The van der Waals surface area contributed by atoms with Crippen LogP contribution in [0.5, 0.6) is 0 Å². The number of anilines is 1. The molecule has 0 spiro atoms. The third-order valence-electron chi connectivity index (χ3n) is 3.65. The van der Waals surface area contributed by atoms with Gasteiger partial charge in [-0.2, -0.15) is 5.26 Å². The fourth-order valence-corrected chi connectivity index (χ4v) is 2.87. The summed E-state index contributed by atoms with van der Waals surface area (Å²) in [5.74, 6) is 0.727. The van der Waals surface area contributed by atoms with E-state index in [2.05, 4.69) is 34.2 Å². The number of nitrogens with zero attached hydrogens (tertiary/aromatic N) is 1. The maximum Gasteiger partial charge on any atom is 0.125 e. The predicted octanol–water partition coefficient (Wildman–Crippen LogP) is 4.99. The van der Waals surface area contributed by atoms with Crippen LogP contribution >= 0.6 is 27.5 Å². The highest BCUT2D eigenvalue weighted by Crippen LogP contribution is 2.35.